The Hall–Kier alpha value is -3.30. The summed E-state index contributed by atoms with van der Waals surface area (Å²) in [6.45, 7) is -0.0276. The molecule has 158 valence electrons. The third kappa shape index (κ3) is 4.89. The van der Waals surface area contributed by atoms with E-state index in [1.54, 1.807) is 35.7 Å². The standard InChI is InChI=1S/C22H17FN2O4S2/c1-28-17-7-3-2-6-16(17)25-20(26)10-21-24-13(12-30-21)11-29-22(27)19-9-14-15(23)5-4-8-18(14)31-19/h2-9,12H,10-11H2,1H3,(H,25,26). The molecule has 2 heterocycles. The zero-order valence-electron chi connectivity index (χ0n) is 16.4. The van der Waals surface area contributed by atoms with Crippen LogP contribution in [-0.4, -0.2) is 24.0 Å². The molecule has 0 bridgehead atoms. The van der Waals surface area contributed by atoms with E-state index < -0.39 is 5.97 Å². The van der Waals surface area contributed by atoms with E-state index in [0.717, 1.165) is 0 Å². The maximum absolute atomic E-state index is 13.8. The average molecular weight is 457 g/mol. The molecule has 0 fully saturated rings. The Morgan fingerprint density at radius 1 is 1.16 bits per heavy atom. The second-order valence-electron chi connectivity index (χ2n) is 6.50. The van der Waals surface area contributed by atoms with Crippen molar-refractivity contribution in [2.75, 3.05) is 12.4 Å². The van der Waals surface area contributed by atoms with Crippen LogP contribution in [0.25, 0.3) is 10.1 Å². The van der Waals surface area contributed by atoms with E-state index in [9.17, 15) is 14.0 Å². The number of halogens is 1. The van der Waals surface area contributed by atoms with E-state index in [1.165, 1.54) is 41.9 Å². The third-order valence-electron chi connectivity index (χ3n) is 4.35. The largest absolute Gasteiger partial charge is 0.495 e. The molecule has 1 N–H and O–H groups in total. The van der Waals surface area contributed by atoms with Crippen molar-refractivity contribution in [3.8, 4) is 5.75 Å². The number of nitrogens with one attached hydrogen (secondary N) is 1. The molecule has 0 radical (unpaired) electrons. The van der Waals surface area contributed by atoms with Crippen molar-refractivity contribution < 1.29 is 23.5 Å². The number of hydrogen-bond acceptors (Lipinski definition) is 7. The quantitative estimate of drug-likeness (QED) is 0.394. The van der Waals surface area contributed by atoms with Gasteiger partial charge in [0.15, 0.2) is 0 Å². The van der Waals surface area contributed by atoms with Crippen LogP contribution in [0.5, 0.6) is 5.75 Å². The minimum absolute atomic E-state index is 0.0276. The maximum atomic E-state index is 13.8. The molecule has 6 nitrogen and oxygen atoms in total. The van der Waals surface area contributed by atoms with Gasteiger partial charge in [0, 0.05) is 15.5 Å². The lowest BCUT2D eigenvalue weighted by Gasteiger charge is -2.08. The number of benzene rings is 2. The molecular formula is C22H17FN2O4S2. The van der Waals surface area contributed by atoms with Gasteiger partial charge in [-0.25, -0.2) is 14.2 Å². The molecule has 9 heteroatoms. The van der Waals surface area contributed by atoms with E-state index >= 15 is 0 Å². The summed E-state index contributed by atoms with van der Waals surface area (Å²) in [4.78, 5) is 29.3. The summed E-state index contributed by atoms with van der Waals surface area (Å²) in [7, 11) is 1.54. The number of rotatable bonds is 7. The van der Waals surface area contributed by atoms with Crippen LogP contribution in [0.15, 0.2) is 53.9 Å². The smallest absolute Gasteiger partial charge is 0.348 e. The monoisotopic (exact) mass is 456 g/mol. The summed E-state index contributed by atoms with van der Waals surface area (Å²) in [5, 5.41) is 5.53. The number of methoxy groups -OCH3 is 1. The van der Waals surface area contributed by atoms with Gasteiger partial charge in [-0.05, 0) is 30.3 Å². The number of fused-ring (bicyclic) bond motifs is 1. The van der Waals surface area contributed by atoms with Gasteiger partial charge >= 0.3 is 5.97 Å². The Bertz CT molecular complexity index is 1250. The van der Waals surface area contributed by atoms with E-state index in [0.29, 0.717) is 37.1 Å². The fourth-order valence-electron chi connectivity index (χ4n) is 2.91. The SMILES string of the molecule is COc1ccccc1NC(=O)Cc1nc(COC(=O)c2cc3c(F)cccc3s2)cs1. The number of thiazole rings is 1. The number of anilines is 1. The summed E-state index contributed by atoms with van der Waals surface area (Å²) in [5.74, 6) is -0.564. The molecule has 0 saturated carbocycles. The Morgan fingerprint density at radius 3 is 2.81 bits per heavy atom. The van der Waals surface area contributed by atoms with Crippen LogP contribution < -0.4 is 10.1 Å². The zero-order chi connectivity index (χ0) is 21.8. The van der Waals surface area contributed by atoms with Gasteiger partial charge in [-0.3, -0.25) is 4.79 Å². The highest BCUT2D eigenvalue weighted by Crippen LogP contribution is 2.28. The van der Waals surface area contributed by atoms with Crippen molar-refractivity contribution in [1.82, 2.24) is 4.98 Å². The number of para-hydroxylation sites is 2. The van der Waals surface area contributed by atoms with Crippen LogP contribution in [0.2, 0.25) is 0 Å². The third-order valence-corrected chi connectivity index (χ3v) is 6.33. The number of nitrogens with zero attached hydrogens (tertiary/aromatic N) is 1. The van der Waals surface area contributed by atoms with Crippen LogP contribution in [0.3, 0.4) is 0 Å². The lowest BCUT2D eigenvalue weighted by Crippen LogP contribution is -2.15. The number of carbonyl (C=O) groups excluding carboxylic acids is 2. The minimum Gasteiger partial charge on any atom is -0.495 e. The van der Waals surface area contributed by atoms with Gasteiger partial charge in [-0.2, -0.15) is 0 Å². The first-order chi connectivity index (χ1) is 15.0. The molecule has 4 rings (SSSR count). The van der Waals surface area contributed by atoms with Crippen LogP contribution in [0.1, 0.15) is 20.4 Å². The maximum Gasteiger partial charge on any atom is 0.348 e. The highest BCUT2D eigenvalue weighted by molar-refractivity contribution is 7.20. The van der Waals surface area contributed by atoms with Crippen LogP contribution in [0, 0.1) is 5.82 Å². The Morgan fingerprint density at radius 2 is 2.00 bits per heavy atom. The lowest BCUT2D eigenvalue weighted by atomic mass is 10.2. The second-order valence-corrected chi connectivity index (χ2v) is 8.52. The van der Waals surface area contributed by atoms with Gasteiger partial charge in [-0.15, -0.1) is 22.7 Å². The minimum atomic E-state index is -0.538. The van der Waals surface area contributed by atoms with E-state index in [4.69, 9.17) is 9.47 Å². The predicted molar refractivity (Wildman–Crippen MR) is 118 cm³/mol. The number of aromatic nitrogens is 1. The van der Waals surface area contributed by atoms with Crippen LogP contribution in [-0.2, 0) is 22.6 Å². The molecule has 0 atom stereocenters. The Labute approximate surface area is 185 Å². The molecule has 4 aromatic rings. The van der Waals surface area contributed by atoms with Gasteiger partial charge < -0.3 is 14.8 Å². The molecule has 31 heavy (non-hydrogen) atoms. The van der Waals surface area contributed by atoms with E-state index in [1.807, 2.05) is 6.07 Å². The molecule has 2 aromatic carbocycles. The number of hydrogen-bond donors (Lipinski definition) is 1. The normalized spacial score (nSPS) is 10.8. The summed E-state index contributed by atoms with van der Waals surface area (Å²) in [5.41, 5.74) is 1.13. The summed E-state index contributed by atoms with van der Waals surface area (Å²) < 4.78 is 25.0. The molecular weight excluding hydrogens is 439 g/mol. The first kappa shape index (κ1) is 21.0. The summed E-state index contributed by atoms with van der Waals surface area (Å²) >= 11 is 2.49. The van der Waals surface area contributed by atoms with Gasteiger partial charge in [0.25, 0.3) is 0 Å². The predicted octanol–water partition coefficient (Wildman–Crippen LogP) is 5.04. The fourth-order valence-corrected chi connectivity index (χ4v) is 4.66. The topological polar surface area (TPSA) is 77.5 Å². The van der Waals surface area contributed by atoms with E-state index in [2.05, 4.69) is 10.3 Å². The first-order valence-electron chi connectivity index (χ1n) is 9.25. The Balaban J connectivity index is 1.33. The van der Waals surface area contributed by atoms with Crippen molar-refractivity contribution in [1.29, 1.82) is 0 Å². The van der Waals surface area contributed by atoms with Gasteiger partial charge in [0.05, 0.1) is 24.9 Å². The van der Waals surface area contributed by atoms with Crippen molar-refractivity contribution in [3.63, 3.8) is 0 Å². The second kappa shape index (κ2) is 9.23. The summed E-state index contributed by atoms with van der Waals surface area (Å²) in [6, 6.07) is 13.3. The molecule has 0 unspecified atom stereocenters. The number of amides is 1. The average Bonchev–Trinajstić information content (AvgIpc) is 3.40. The van der Waals surface area contributed by atoms with E-state index in [-0.39, 0.29) is 24.8 Å². The van der Waals surface area contributed by atoms with Gasteiger partial charge in [0.2, 0.25) is 5.91 Å². The van der Waals surface area contributed by atoms with Crippen molar-refractivity contribution in [2.45, 2.75) is 13.0 Å². The molecule has 1 amide bonds. The fraction of sp³-hybridized carbons (Fsp3) is 0.136. The van der Waals surface area contributed by atoms with Crippen molar-refractivity contribution >= 4 is 50.3 Å². The number of esters is 1. The number of thiophene rings is 1. The first-order valence-corrected chi connectivity index (χ1v) is 10.9. The highest BCUT2D eigenvalue weighted by atomic mass is 32.1. The number of carbonyl (C=O) groups is 2. The Kier molecular flexibility index (Phi) is 6.24. The number of ether oxygens (including phenoxy) is 2. The molecule has 0 spiro atoms. The molecule has 2 aromatic heterocycles. The highest BCUT2D eigenvalue weighted by Gasteiger charge is 2.15. The van der Waals surface area contributed by atoms with Crippen LogP contribution >= 0.6 is 22.7 Å². The van der Waals surface area contributed by atoms with Crippen LogP contribution in [0.4, 0.5) is 10.1 Å². The zero-order valence-corrected chi connectivity index (χ0v) is 18.0. The van der Waals surface area contributed by atoms with Gasteiger partial charge in [0.1, 0.15) is 28.1 Å². The molecule has 0 aliphatic rings. The molecule has 0 aliphatic heterocycles. The summed E-state index contributed by atoms with van der Waals surface area (Å²) in [6.07, 6.45) is 0.0895. The lowest BCUT2D eigenvalue weighted by molar-refractivity contribution is -0.115. The van der Waals surface area contributed by atoms with Gasteiger partial charge in [-0.1, -0.05) is 18.2 Å². The molecule has 0 aliphatic carbocycles. The van der Waals surface area contributed by atoms with Crippen molar-refractivity contribution in [2.24, 2.45) is 0 Å². The molecule has 0 saturated heterocycles. The van der Waals surface area contributed by atoms with Crippen molar-refractivity contribution in [3.05, 3.63) is 75.3 Å².